The van der Waals surface area contributed by atoms with Crippen LogP contribution in [0.3, 0.4) is 0 Å². The third-order valence-corrected chi connectivity index (χ3v) is 6.26. The summed E-state index contributed by atoms with van der Waals surface area (Å²) in [7, 11) is 0. The Bertz CT molecular complexity index is 489. The van der Waals surface area contributed by atoms with E-state index in [2.05, 4.69) is 4.90 Å². The molecule has 3 nitrogen and oxygen atoms in total. The number of carbonyl (C=O) groups excluding carboxylic acids is 1. The molecule has 108 valence electrons. The molecule has 20 heavy (non-hydrogen) atoms. The molecule has 0 N–H and O–H groups in total. The SMILES string of the molecule is O=C(C1CC1)N1CCC(c2nc3c(s2)CCCC3)CC1. The number of aryl methyl sites for hydroxylation is 2. The molecule has 2 heterocycles. The highest BCUT2D eigenvalue weighted by Gasteiger charge is 2.35. The molecule has 1 amide bonds. The van der Waals surface area contributed by atoms with Crippen molar-refractivity contribution in [3.63, 3.8) is 0 Å². The van der Waals surface area contributed by atoms with Gasteiger partial charge in [0.05, 0.1) is 10.7 Å². The molecule has 4 heteroatoms. The van der Waals surface area contributed by atoms with Gasteiger partial charge in [-0.05, 0) is 51.4 Å². The topological polar surface area (TPSA) is 33.2 Å². The van der Waals surface area contributed by atoms with E-state index in [1.54, 1.807) is 4.88 Å². The zero-order valence-electron chi connectivity index (χ0n) is 11.9. The van der Waals surface area contributed by atoms with E-state index >= 15 is 0 Å². The fourth-order valence-corrected chi connectivity index (χ4v) is 4.80. The van der Waals surface area contributed by atoms with Gasteiger partial charge in [0.2, 0.25) is 5.91 Å². The van der Waals surface area contributed by atoms with Crippen molar-refractivity contribution in [1.82, 2.24) is 9.88 Å². The van der Waals surface area contributed by atoms with Crippen LogP contribution in [-0.4, -0.2) is 28.9 Å². The minimum atomic E-state index is 0.374. The number of rotatable bonds is 2. The van der Waals surface area contributed by atoms with Crippen LogP contribution in [0, 0.1) is 5.92 Å². The molecule has 0 aromatic carbocycles. The molecular formula is C16H22N2OS. The van der Waals surface area contributed by atoms with Gasteiger partial charge in [0, 0.05) is 29.8 Å². The van der Waals surface area contributed by atoms with Crippen molar-refractivity contribution in [3.05, 3.63) is 15.6 Å². The number of nitrogens with zero attached hydrogens (tertiary/aromatic N) is 2. The van der Waals surface area contributed by atoms with E-state index in [1.807, 2.05) is 11.3 Å². The first kappa shape index (κ1) is 12.8. The van der Waals surface area contributed by atoms with E-state index in [1.165, 1.54) is 36.4 Å². The van der Waals surface area contributed by atoms with Crippen LogP contribution in [0.15, 0.2) is 0 Å². The van der Waals surface area contributed by atoms with Gasteiger partial charge in [0.25, 0.3) is 0 Å². The van der Waals surface area contributed by atoms with Gasteiger partial charge < -0.3 is 4.90 Å². The van der Waals surface area contributed by atoms with E-state index in [-0.39, 0.29) is 0 Å². The average Bonchev–Trinajstić information content (AvgIpc) is 3.25. The van der Waals surface area contributed by atoms with E-state index < -0.39 is 0 Å². The van der Waals surface area contributed by atoms with Gasteiger partial charge in [0.15, 0.2) is 0 Å². The van der Waals surface area contributed by atoms with Gasteiger partial charge in [-0.1, -0.05) is 0 Å². The summed E-state index contributed by atoms with van der Waals surface area (Å²) in [6.07, 6.45) is 9.55. The highest BCUT2D eigenvalue weighted by atomic mass is 32.1. The van der Waals surface area contributed by atoms with E-state index in [9.17, 15) is 4.79 Å². The van der Waals surface area contributed by atoms with Crippen molar-refractivity contribution < 1.29 is 4.79 Å². The first-order chi connectivity index (χ1) is 9.81. The van der Waals surface area contributed by atoms with E-state index in [0.29, 0.717) is 17.7 Å². The van der Waals surface area contributed by atoms with Crippen LogP contribution in [0.2, 0.25) is 0 Å². The number of carbonyl (C=O) groups is 1. The molecule has 2 fully saturated rings. The van der Waals surface area contributed by atoms with Crippen molar-refractivity contribution in [2.24, 2.45) is 5.92 Å². The van der Waals surface area contributed by atoms with Crippen LogP contribution in [-0.2, 0) is 17.6 Å². The van der Waals surface area contributed by atoms with Crippen molar-refractivity contribution in [1.29, 1.82) is 0 Å². The predicted molar refractivity (Wildman–Crippen MR) is 80.0 cm³/mol. The molecule has 1 aliphatic heterocycles. The monoisotopic (exact) mass is 290 g/mol. The number of amides is 1. The number of likely N-dealkylation sites (tertiary alicyclic amines) is 1. The van der Waals surface area contributed by atoms with Crippen LogP contribution in [0.1, 0.15) is 60.0 Å². The summed E-state index contributed by atoms with van der Waals surface area (Å²) < 4.78 is 0. The summed E-state index contributed by atoms with van der Waals surface area (Å²) in [6.45, 7) is 1.90. The fourth-order valence-electron chi connectivity index (χ4n) is 3.48. The van der Waals surface area contributed by atoms with Gasteiger partial charge >= 0.3 is 0 Å². The zero-order valence-corrected chi connectivity index (χ0v) is 12.8. The minimum Gasteiger partial charge on any atom is -0.342 e. The first-order valence-electron chi connectivity index (χ1n) is 8.08. The van der Waals surface area contributed by atoms with Crippen molar-refractivity contribution >= 4 is 17.2 Å². The number of aromatic nitrogens is 1. The maximum atomic E-state index is 12.1. The Morgan fingerprint density at radius 3 is 2.55 bits per heavy atom. The summed E-state index contributed by atoms with van der Waals surface area (Å²) in [4.78, 5) is 20.6. The number of fused-ring (bicyclic) bond motifs is 1. The highest BCUT2D eigenvalue weighted by Crippen LogP contribution is 2.37. The molecule has 0 radical (unpaired) electrons. The van der Waals surface area contributed by atoms with E-state index in [4.69, 9.17) is 4.98 Å². The third kappa shape index (κ3) is 2.39. The standard InChI is InChI=1S/C16H22N2OS/c19-16(12-5-6-12)18-9-7-11(8-10-18)15-17-13-3-1-2-4-14(13)20-15/h11-12H,1-10H2. The maximum absolute atomic E-state index is 12.1. The third-order valence-electron chi connectivity index (χ3n) is 4.94. The molecule has 1 saturated heterocycles. The first-order valence-corrected chi connectivity index (χ1v) is 8.90. The molecule has 1 saturated carbocycles. The van der Waals surface area contributed by atoms with Crippen LogP contribution in [0.4, 0.5) is 0 Å². The fraction of sp³-hybridized carbons (Fsp3) is 0.750. The Morgan fingerprint density at radius 1 is 1.10 bits per heavy atom. The molecule has 1 aromatic heterocycles. The lowest BCUT2D eigenvalue weighted by Gasteiger charge is -2.31. The van der Waals surface area contributed by atoms with Crippen LogP contribution in [0.5, 0.6) is 0 Å². The van der Waals surface area contributed by atoms with Gasteiger partial charge in [0.1, 0.15) is 0 Å². The smallest absolute Gasteiger partial charge is 0.225 e. The molecule has 0 unspecified atom stereocenters. The Labute approximate surface area is 124 Å². The number of hydrogen-bond acceptors (Lipinski definition) is 3. The molecule has 3 aliphatic rings. The lowest BCUT2D eigenvalue weighted by molar-refractivity contribution is -0.133. The van der Waals surface area contributed by atoms with Crippen LogP contribution in [0.25, 0.3) is 0 Å². The average molecular weight is 290 g/mol. The second-order valence-corrected chi connectivity index (χ2v) is 7.62. The number of piperidine rings is 1. The van der Waals surface area contributed by atoms with Gasteiger partial charge in [-0.3, -0.25) is 4.79 Å². The highest BCUT2D eigenvalue weighted by molar-refractivity contribution is 7.11. The summed E-state index contributed by atoms with van der Waals surface area (Å²) in [5, 5.41) is 1.36. The van der Waals surface area contributed by atoms with Crippen molar-refractivity contribution in [2.45, 2.75) is 57.3 Å². The van der Waals surface area contributed by atoms with Gasteiger partial charge in [-0.15, -0.1) is 11.3 Å². The summed E-state index contributed by atoms with van der Waals surface area (Å²) in [6, 6.07) is 0. The Hall–Kier alpha value is -0.900. The van der Waals surface area contributed by atoms with Crippen LogP contribution >= 0.6 is 11.3 Å². The molecule has 2 aliphatic carbocycles. The minimum absolute atomic E-state index is 0.374. The molecule has 4 rings (SSSR count). The molecule has 0 atom stereocenters. The van der Waals surface area contributed by atoms with Crippen LogP contribution < -0.4 is 0 Å². The summed E-state index contributed by atoms with van der Waals surface area (Å²) >= 11 is 1.96. The second-order valence-electron chi connectivity index (χ2n) is 6.50. The van der Waals surface area contributed by atoms with Crippen molar-refractivity contribution in [3.8, 4) is 0 Å². The quantitative estimate of drug-likeness (QED) is 0.838. The Kier molecular flexibility index (Phi) is 3.29. The lowest BCUT2D eigenvalue weighted by Crippen LogP contribution is -2.38. The lowest BCUT2D eigenvalue weighted by atomic mass is 9.97. The largest absolute Gasteiger partial charge is 0.342 e. The number of hydrogen-bond donors (Lipinski definition) is 0. The predicted octanol–water partition coefficient (Wildman–Crippen LogP) is 3.14. The molecular weight excluding hydrogens is 268 g/mol. The second kappa shape index (κ2) is 5.14. The molecule has 1 aromatic rings. The van der Waals surface area contributed by atoms with Crippen molar-refractivity contribution in [2.75, 3.05) is 13.1 Å². The maximum Gasteiger partial charge on any atom is 0.225 e. The normalized spacial score (nSPS) is 23.7. The zero-order chi connectivity index (χ0) is 13.5. The Balaban J connectivity index is 1.41. The van der Waals surface area contributed by atoms with E-state index in [0.717, 1.165) is 38.8 Å². The van der Waals surface area contributed by atoms with Gasteiger partial charge in [-0.2, -0.15) is 0 Å². The number of thiazole rings is 1. The summed E-state index contributed by atoms with van der Waals surface area (Å²) in [5.41, 5.74) is 1.38. The Morgan fingerprint density at radius 2 is 1.85 bits per heavy atom. The molecule has 0 bridgehead atoms. The molecule has 0 spiro atoms. The van der Waals surface area contributed by atoms with Gasteiger partial charge in [-0.25, -0.2) is 4.98 Å². The summed E-state index contributed by atoms with van der Waals surface area (Å²) in [5.74, 6) is 1.40.